The molecular formula is C30H42O7. The van der Waals surface area contributed by atoms with Crippen LogP contribution in [0.4, 0.5) is 0 Å². The van der Waals surface area contributed by atoms with Crippen molar-refractivity contribution in [2.45, 2.75) is 110 Å². The largest absolute Gasteiger partial charge is 0.469 e. The Labute approximate surface area is 219 Å². The maximum atomic E-state index is 14.4. The highest BCUT2D eigenvalue weighted by molar-refractivity contribution is 6.05. The van der Waals surface area contributed by atoms with Gasteiger partial charge in [0.05, 0.1) is 24.7 Å². The van der Waals surface area contributed by atoms with Gasteiger partial charge in [-0.05, 0) is 68.4 Å². The molecule has 204 valence electrons. The van der Waals surface area contributed by atoms with E-state index < -0.39 is 34.6 Å². The number of carbonyl (C=O) groups is 1. The molecule has 37 heavy (non-hydrogen) atoms. The topological polar surface area (TPSA) is 83.5 Å². The third kappa shape index (κ3) is 2.69. The Morgan fingerprint density at radius 3 is 2.70 bits per heavy atom. The number of hydrogen-bond donors (Lipinski definition) is 1. The van der Waals surface area contributed by atoms with Gasteiger partial charge in [0.25, 0.3) is 0 Å². The highest BCUT2D eigenvalue weighted by Crippen LogP contribution is 2.80. The Kier molecular flexibility index (Phi) is 5.01. The molecule has 0 aromatic heterocycles. The minimum atomic E-state index is -1.47. The molecule has 3 saturated heterocycles. The highest BCUT2D eigenvalue weighted by Gasteiger charge is 2.90. The van der Waals surface area contributed by atoms with Gasteiger partial charge >= 0.3 is 0 Å². The number of aliphatic hydroxyl groups excluding tert-OH is 1. The lowest BCUT2D eigenvalue weighted by atomic mass is 9.36. The van der Waals surface area contributed by atoms with Gasteiger partial charge in [-0.1, -0.05) is 33.8 Å². The summed E-state index contributed by atoms with van der Waals surface area (Å²) in [6, 6.07) is 0. The molecule has 7 heteroatoms. The van der Waals surface area contributed by atoms with Gasteiger partial charge in [-0.3, -0.25) is 4.79 Å². The molecule has 0 amide bonds. The number of hydrogen-bond acceptors (Lipinski definition) is 7. The number of rotatable bonds is 4. The van der Waals surface area contributed by atoms with Gasteiger partial charge in [0.2, 0.25) is 5.79 Å². The summed E-state index contributed by atoms with van der Waals surface area (Å²) >= 11 is 0. The summed E-state index contributed by atoms with van der Waals surface area (Å²) in [4.78, 5) is 14.4. The van der Waals surface area contributed by atoms with E-state index in [1.54, 1.807) is 0 Å². The summed E-state index contributed by atoms with van der Waals surface area (Å²) in [6.07, 6.45) is 4.53. The molecule has 0 aromatic carbocycles. The van der Waals surface area contributed by atoms with Crippen molar-refractivity contribution in [1.29, 1.82) is 0 Å². The van der Waals surface area contributed by atoms with Crippen LogP contribution in [0.1, 0.15) is 79.6 Å². The van der Waals surface area contributed by atoms with E-state index in [-0.39, 0.29) is 35.2 Å². The number of unbranched alkanes of at least 4 members (excludes halogenated alkanes) is 1. The summed E-state index contributed by atoms with van der Waals surface area (Å²) in [5, 5.41) is 12.4. The lowest BCUT2D eigenvalue weighted by Crippen LogP contribution is -2.87. The van der Waals surface area contributed by atoms with E-state index in [1.807, 2.05) is 13.8 Å². The van der Waals surface area contributed by atoms with Gasteiger partial charge in [0, 0.05) is 18.3 Å². The first-order valence-electron chi connectivity index (χ1n) is 14.4. The monoisotopic (exact) mass is 514 g/mol. The van der Waals surface area contributed by atoms with Crippen LogP contribution in [-0.4, -0.2) is 54.2 Å². The second-order valence-electron chi connectivity index (χ2n) is 13.8. The van der Waals surface area contributed by atoms with Gasteiger partial charge in [-0.25, -0.2) is 0 Å². The second kappa shape index (κ2) is 7.48. The summed E-state index contributed by atoms with van der Waals surface area (Å²) < 4.78 is 33.0. The Hall–Kier alpha value is -1.25. The number of ketones is 1. The van der Waals surface area contributed by atoms with Crippen LogP contribution in [0.2, 0.25) is 0 Å². The zero-order valence-corrected chi connectivity index (χ0v) is 22.9. The number of carbonyl (C=O) groups excluding carboxylic acids is 1. The fourth-order valence-electron chi connectivity index (χ4n) is 10.1. The molecule has 4 bridgehead atoms. The predicted octanol–water partition coefficient (Wildman–Crippen LogP) is 4.63. The molecule has 9 atom stereocenters. The molecule has 4 aliphatic heterocycles. The normalized spacial score (nSPS) is 50.3. The van der Waals surface area contributed by atoms with Crippen molar-refractivity contribution in [2.24, 2.45) is 34.0 Å². The van der Waals surface area contributed by atoms with Crippen LogP contribution in [0.5, 0.6) is 0 Å². The number of aliphatic hydroxyl groups is 1. The third-order valence-electron chi connectivity index (χ3n) is 11.0. The molecule has 3 spiro atoms. The van der Waals surface area contributed by atoms with Crippen LogP contribution in [0.25, 0.3) is 0 Å². The van der Waals surface area contributed by atoms with Gasteiger partial charge in [-0.15, -0.1) is 0 Å². The Bertz CT molecular complexity index is 1090. The number of Topliss-reactive ketones (excluding diaryl/α,β-unsaturated/α-hetero) is 1. The van der Waals surface area contributed by atoms with Crippen LogP contribution < -0.4 is 0 Å². The van der Waals surface area contributed by atoms with E-state index in [0.29, 0.717) is 18.8 Å². The molecule has 8 rings (SSSR count). The van der Waals surface area contributed by atoms with Crippen molar-refractivity contribution in [3.05, 3.63) is 23.5 Å². The van der Waals surface area contributed by atoms with Crippen LogP contribution in [-0.2, 0) is 28.5 Å². The molecule has 8 aliphatic rings. The molecule has 3 saturated carbocycles. The van der Waals surface area contributed by atoms with Crippen molar-refractivity contribution in [1.82, 2.24) is 0 Å². The first-order valence-corrected chi connectivity index (χ1v) is 14.4. The average molecular weight is 515 g/mol. The lowest BCUT2D eigenvalue weighted by molar-refractivity contribution is -0.527. The van der Waals surface area contributed by atoms with Gasteiger partial charge in [0.15, 0.2) is 17.9 Å². The first-order chi connectivity index (χ1) is 17.5. The number of fused-ring (bicyclic) bond motifs is 1. The van der Waals surface area contributed by atoms with Crippen LogP contribution in [0, 0.1) is 34.0 Å². The fraction of sp³-hybridized carbons (Fsp3) is 0.833. The van der Waals surface area contributed by atoms with E-state index >= 15 is 0 Å². The number of allylic oxidation sites excluding steroid dienone is 1. The molecule has 0 radical (unpaired) electrons. The average Bonchev–Trinajstić information content (AvgIpc) is 2.94. The zero-order valence-electron chi connectivity index (χ0n) is 22.9. The summed E-state index contributed by atoms with van der Waals surface area (Å²) in [7, 11) is 0. The van der Waals surface area contributed by atoms with Crippen molar-refractivity contribution >= 4 is 5.78 Å². The van der Waals surface area contributed by atoms with Gasteiger partial charge in [0.1, 0.15) is 17.3 Å². The Balaban J connectivity index is 1.43. The first kappa shape index (κ1) is 24.8. The predicted molar refractivity (Wildman–Crippen MR) is 134 cm³/mol. The maximum absolute atomic E-state index is 14.4. The quantitative estimate of drug-likeness (QED) is 0.433. The highest BCUT2D eigenvalue weighted by atomic mass is 16.8. The fourth-order valence-corrected chi connectivity index (χ4v) is 10.1. The van der Waals surface area contributed by atoms with Crippen LogP contribution >= 0.6 is 0 Å². The number of ether oxygens (including phenoxy) is 5. The van der Waals surface area contributed by atoms with Crippen molar-refractivity contribution in [3.63, 3.8) is 0 Å². The molecule has 7 nitrogen and oxygen atoms in total. The molecule has 6 fully saturated rings. The molecule has 4 heterocycles. The SMILES string of the molecule is C=C1C(=O)[C@@]23C4OC(C)(C)O[C@]25OC[C@]2(C6=C(CC[C@@H](OCCCC)O6)CC(C)(C)[C@H]2[C@@H]5O)C3CC[C@@H]14. The molecule has 2 unspecified atom stereocenters. The minimum Gasteiger partial charge on any atom is -0.469 e. The maximum Gasteiger partial charge on any atom is 0.213 e. The van der Waals surface area contributed by atoms with E-state index in [9.17, 15) is 9.90 Å². The van der Waals surface area contributed by atoms with Gasteiger partial charge in [-0.2, -0.15) is 0 Å². The van der Waals surface area contributed by atoms with E-state index in [1.165, 1.54) is 5.57 Å². The Morgan fingerprint density at radius 1 is 1.16 bits per heavy atom. The summed E-state index contributed by atoms with van der Waals surface area (Å²) in [6.45, 7) is 15.7. The lowest BCUT2D eigenvalue weighted by Gasteiger charge is -2.77. The summed E-state index contributed by atoms with van der Waals surface area (Å²) in [5.74, 6) is -2.00. The van der Waals surface area contributed by atoms with Crippen LogP contribution in [0.3, 0.4) is 0 Å². The third-order valence-corrected chi connectivity index (χ3v) is 11.0. The molecule has 4 aliphatic carbocycles. The van der Waals surface area contributed by atoms with Crippen molar-refractivity contribution in [2.75, 3.05) is 13.2 Å². The minimum absolute atomic E-state index is 0.0471. The Morgan fingerprint density at radius 2 is 1.95 bits per heavy atom. The smallest absolute Gasteiger partial charge is 0.213 e. The van der Waals surface area contributed by atoms with E-state index in [0.717, 1.165) is 50.7 Å². The van der Waals surface area contributed by atoms with Gasteiger partial charge < -0.3 is 28.8 Å². The standard InChI is InChI=1S/C30H42O7/c1-7-8-13-33-20-12-9-17-14-26(3,4)21-23(32)30-29-19(28(21,15-34-30)24(17)35-20)11-10-18(16(2)22(29)31)25(29)36-27(5,6)37-30/h18-21,23,25,32H,2,7-15H2,1,3-6H3/t18-,19?,20-,21+,23-,25?,28-,29-,30-/m0/s1. The molecule has 0 aromatic rings. The zero-order chi connectivity index (χ0) is 26.2. The van der Waals surface area contributed by atoms with E-state index in [4.69, 9.17) is 23.7 Å². The summed E-state index contributed by atoms with van der Waals surface area (Å²) in [5.41, 5.74) is -0.130. The van der Waals surface area contributed by atoms with Crippen LogP contribution in [0.15, 0.2) is 23.5 Å². The van der Waals surface area contributed by atoms with Crippen molar-refractivity contribution < 1.29 is 33.6 Å². The second-order valence-corrected chi connectivity index (χ2v) is 13.8. The van der Waals surface area contributed by atoms with Crippen molar-refractivity contribution in [3.8, 4) is 0 Å². The molecular weight excluding hydrogens is 472 g/mol. The van der Waals surface area contributed by atoms with E-state index in [2.05, 4.69) is 27.4 Å². The molecule has 1 N–H and O–H groups in total.